The number of β-lactam (4-membered cyclic amide) rings is 1. The summed E-state index contributed by atoms with van der Waals surface area (Å²) in [5.74, 6) is -0.317. The smallest absolute Gasteiger partial charge is 0.352 e. The number of carbonyl (C=O) groups is 2. The molecule has 0 aliphatic carbocycles. The van der Waals surface area contributed by atoms with Gasteiger partial charge in [0.1, 0.15) is 21.3 Å². The zero-order chi connectivity index (χ0) is 14.3. The minimum atomic E-state index is -1.08. The van der Waals surface area contributed by atoms with Crippen molar-refractivity contribution in [3.63, 3.8) is 0 Å². The molecule has 0 saturated carbocycles. The second kappa shape index (κ2) is 5.35. The van der Waals surface area contributed by atoms with E-state index in [1.165, 1.54) is 40.0 Å². The molecule has 0 spiro atoms. The molecule has 0 aromatic carbocycles. The molecule has 2 aliphatic heterocycles. The van der Waals surface area contributed by atoms with Crippen molar-refractivity contribution in [2.75, 3.05) is 11.5 Å². The van der Waals surface area contributed by atoms with Gasteiger partial charge in [-0.1, -0.05) is 4.49 Å². The number of nitrogens with two attached hydrogens (primary N) is 1. The van der Waals surface area contributed by atoms with Gasteiger partial charge in [0.05, 0.1) is 6.20 Å². The highest BCUT2D eigenvalue weighted by atomic mass is 32.2. The van der Waals surface area contributed by atoms with Crippen molar-refractivity contribution < 1.29 is 14.7 Å². The summed E-state index contributed by atoms with van der Waals surface area (Å²) in [6.07, 6.45) is 1.64. The van der Waals surface area contributed by atoms with Gasteiger partial charge in [-0.2, -0.15) is 0 Å². The van der Waals surface area contributed by atoms with Crippen LogP contribution in [-0.2, 0) is 9.59 Å². The van der Waals surface area contributed by atoms with Crippen LogP contribution in [0.1, 0.15) is 0 Å². The molecular weight excluding hydrogens is 320 g/mol. The number of aliphatic carboxylic acids is 1. The normalized spacial score (nSPS) is 25.4. The van der Waals surface area contributed by atoms with Crippen LogP contribution in [-0.4, -0.2) is 54.4 Å². The van der Waals surface area contributed by atoms with Gasteiger partial charge in [-0.15, -0.1) is 28.6 Å². The molecule has 0 radical (unpaired) electrons. The van der Waals surface area contributed by atoms with E-state index in [-0.39, 0.29) is 17.0 Å². The third kappa shape index (κ3) is 2.22. The number of hydrogen-bond donors (Lipinski definition) is 2. The lowest BCUT2D eigenvalue weighted by atomic mass is 10.0. The summed E-state index contributed by atoms with van der Waals surface area (Å²) < 4.78 is 4.67. The van der Waals surface area contributed by atoms with E-state index in [0.29, 0.717) is 11.5 Å². The number of aromatic nitrogens is 2. The fourth-order valence-electron chi connectivity index (χ4n) is 2.07. The molecule has 1 amide bonds. The van der Waals surface area contributed by atoms with Gasteiger partial charge >= 0.3 is 5.97 Å². The molecule has 1 aromatic heterocycles. The van der Waals surface area contributed by atoms with E-state index in [1.54, 1.807) is 6.20 Å². The Balaban J connectivity index is 1.82. The summed E-state index contributed by atoms with van der Waals surface area (Å²) in [4.78, 5) is 24.5. The molecule has 2 aliphatic rings. The molecule has 3 heterocycles. The van der Waals surface area contributed by atoms with Gasteiger partial charge in [0.25, 0.3) is 0 Å². The molecule has 1 aromatic rings. The minimum absolute atomic E-state index is 0.0884. The van der Waals surface area contributed by atoms with Gasteiger partial charge < -0.3 is 10.8 Å². The number of rotatable bonds is 4. The van der Waals surface area contributed by atoms with Crippen molar-refractivity contribution in [2.24, 2.45) is 5.73 Å². The van der Waals surface area contributed by atoms with Crippen LogP contribution in [0.3, 0.4) is 0 Å². The second-order valence-electron chi connectivity index (χ2n) is 4.22. The van der Waals surface area contributed by atoms with Crippen LogP contribution >= 0.6 is 35.1 Å². The van der Waals surface area contributed by atoms with Crippen LogP contribution in [0.2, 0.25) is 0 Å². The van der Waals surface area contributed by atoms with Crippen LogP contribution in [0.25, 0.3) is 0 Å². The number of carbonyl (C=O) groups excluding carboxylic acids is 1. The monoisotopic (exact) mass is 330 g/mol. The fraction of sp³-hybridized carbons (Fsp3) is 0.400. The Kier molecular flexibility index (Phi) is 3.71. The first kappa shape index (κ1) is 13.9. The van der Waals surface area contributed by atoms with E-state index >= 15 is 0 Å². The van der Waals surface area contributed by atoms with Gasteiger partial charge in [0, 0.05) is 11.5 Å². The summed E-state index contributed by atoms with van der Waals surface area (Å²) in [7, 11) is 0. The second-order valence-corrected chi connectivity index (χ2v) is 7.38. The number of carboxylic acids is 1. The summed E-state index contributed by atoms with van der Waals surface area (Å²) in [5.41, 5.74) is 6.51. The van der Waals surface area contributed by atoms with Crippen LogP contribution in [0.4, 0.5) is 0 Å². The molecule has 2 atom stereocenters. The van der Waals surface area contributed by atoms with Crippen molar-refractivity contribution in [1.82, 2.24) is 14.5 Å². The maximum Gasteiger partial charge on any atom is 0.352 e. The largest absolute Gasteiger partial charge is 0.477 e. The highest BCUT2D eigenvalue weighted by Crippen LogP contribution is 2.40. The van der Waals surface area contributed by atoms with E-state index < -0.39 is 12.0 Å². The van der Waals surface area contributed by atoms with E-state index in [2.05, 4.69) is 9.59 Å². The van der Waals surface area contributed by atoms with Crippen molar-refractivity contribution in [2.45, 2.75) is 15.6 Å². The molecule has 1 unspecified atom stereocenters. The van der Waals surface area contributed by atoms with E-state index in [4.69, 9.17) is 5.73 Å². The van der Waals surface area contributed by atoms with Crippen LogP contribution in [0.5, 0.6) is 0 Å². The van der Waals surface area contributed by atoms with Gasteiger partial charge in [-0.3, -0.25) is 9.69 Å². The van der Waals surface area contributed by atoms with E-state index in [0.717, 1.165) is 9.78 Å². The lowest BCUT2D eigenvalue weighted by Crippen LogP contribution is -2.68. The summed E-state index contributed by atoms with van der Waals surface area (Å²) in [6, 6.07) is -0.589. The molecule has 106 valence electrons. The Morgan fingerprint density at radius 1 is 1.65 bits per heavy atom. The summed E-state index contributed by atoms with van der Waals surface area (Å²) in [6.45, 7) is 0. The molecule has 3 N–H and O–H groups in total. The van der Waals surface area contributed by atoms with Crippen LogP contribution in [0, 0.1) is 0 Å². The first-order valence-electron chi connectivity index (χ1n) is 5.65. The Bertz CT molecular complexity index is 589. The number of nitrogens with zero attached hydrogens (tertiary/aromatic N) is 3. The average molecular weight is 330 g/mol. The van der Waals surface area contributed by atoms with Gasteiger partial charge in [0.15, 0.2) is 0 Å². The Hall–Kier alpha value is -1.10. The first-order chi connectivity index (χ1) is 9.59. The molecule has 1 fully saturated rings. The quantitative estimate of drug-likeness (QED) is 0.596. The number of fused-ring (bicyclic) bond motifs is 1. The highest BCUT2D eigenvalue weighted by Gasteiger charge is 2.51. The lowest BCUT2D eigenvalue weighted by molar-refractivity contribution is -0.147. The summed E-state index contributed by atoms with van der Waals surface area (Å²) >= 11 is 4.24. The zero-order valence-corrected chi connectivity index (χ0v) is 12.5. The average Bonchev–Trinajstić information content (AvgIpc) is 2.96. The third-order valence-electron chi connectivity index (χ3n) is 3.02. The number of thioether (sulfide) groups is 2. The van der Waals surface area contributed by atoms with Gasteiger partial charge in [-0.05, 0) is 17.1 Å². The predicted molar refractivity (Wildman–Crippen MR) is 76.4 cm³/mol. The molecule has 10 heteroatoms. The molecule has 1 saturated heterocycles. The Morgan fingerprint density at radius 3 is 3.10 bits per heavy atom. The van der Waals surface area contributed by atoms with Crippen molar-refractivity contribution in [3.8, 4) is 0 Å². The van der Waals surface area contributed by atoms with Crippen molar-refractivity contribution >= 4 is 46.9 Å². The van der Waals surface area contributed by atoms with Crippen LogP contribution in [0.15, 0.2) is 21.7 Å². The maximum absolute atomic E-state index is 11.8. The molecule has 3 rings (SSSR count). The van der Waals surface area contributed by atoms with E-state index in [9.17, 15) is 14.7 Å². The van der Waals surface area contributed by atoms with Gasteiger partial charge in [-0.25, -0.2) is 4.79 Å². The molecule has 0 bridgehead atoms. The van der Waals surface area contributed by atoms with E-state index in [1.807, 2.05) is 0 Å². The standard InChI is InChI=1S/C10H10N4O3S3/c11-6-8(15)14-7(10(16)17)4(3-19-9(6)14)2-18-5-1-12-13-20-5/h1,6,9H,2-3,11H2,(H,16,17)/t6?,9-/m0/s1. The minimum Gasteiger partial charge on any atom is -0.477 e. The summed E-state index contributed by atoms with van der Waals surface area (Å²) in [5, 5.41) is 12.8. The van der Waals surface area contributed by atoms with Crippen molar-refractivity contribution in [1.29, 1.82) is 0 Å². The maximum atomic E-state index is 11.8. The fourth-order valence-corrected chi connectivity index (χ4v) is 4.93. The SMILES string of the molecule is NC1C(=O)N2C(C(=O)O)=C(CSc3cnns3)CS[C@@H]12. The van der Waals surface area contributed by atoms with Crippen molar-refractivity contribution in [3.05, 3.63) is 17.5 Å². The number of carboxylic acid groups (broad SMARTS) is 1. The molecule has 20 heavy (non-hydrogen) atoms. The number of hydrogen-bond acceptors (Lipinski definition) is 8. The predicted octanol–water partition coefficient (Wildman–Crippen LogP) is 0.211. The molecular formula is C10H10N4O3S3. The number of amides is 1. The molecule has 7 nitrogen and oxygen atoms in total. The topological polar surface area (TPSA) is 109 Å². The zero-order valence-electron chi connectivity index (χ0n) is 10.1. The first-order valence-corrected chi connectivity index (χ1v) is 8.46. The van der Waals surface area contributed by atoms with Gasteiger partial charge in [0.2, 0.25) is 5.91 Å². The lowest BCUT2D eigenvalue weighted by Gasteiger charge is -2.48. The Morgan fingerprint density at radius 2 is 2.45 bits per heavy atom. The van der Waals surface area contributed by atoms with Crippen LogP contribution < -0.4 is 5.73 Å². The highest BCUT2D eigenvalue weighted by molar-refractivity contribution is 8.01. The Labute approximate surface area is 126 Å². The third-order valence-corrected chi connectivity index (χ3v) is 6.30.